The summed E-state index contributed by atoms with van der Waals surface area (Å²) in [5.74, 6) is -0.545. The standard InChI is InChI=1S/C17H18O3S/c18-17(14-6-2-3-7-14)12-21(19,20)16-10-9-13-5-1-4-8-15(13)11-16/h1,4-5,8-11,14H,2-3,6-7,12H2. The van der Waals surface area contributed by atoms with Crippen LogP contribution in [0.4, 0.5) is 0 Å². The van der Waals surface area contributed by atoms with Crippen molar-refractivity contribution in [3.8, 4) is 0 Å². The minimum atomic E-state index is -3.54. The van der Waals surface area contributed by atoms with Crippen LogP contribution in [0.1, 0.15) is 25.7 Å². The minimum absolute atomic E-state index is 0.0553. The summed E-state index contributed by atoms with van der Waals surface area (Å²) in [7, 11) is -3.54. The lowest BCUT2D eigenvalue weighted by Crippen LogP contribution is -2.22. The molecule has 0 bridgehead atoms. The van der Waals surface area contributed by atoms with Crippen molar-refractivity contribution >= 4 is 26.4 Å². The third-order valence-corrected chi connectivity index (χ3v) is 5.86. The van der Waals surface area contributed by atoms with Crippen LogP contribution in [-0.4, -0.2) is 20.0 Å². The quantitative estimate of drug-likeness (QED) is 0.870. The second-order valence-electron chi connectivity index (χ2n) is 5.72. The molecule has 0 saturated heterocycles. The van der Waals surface area contributed by atoms with E-state index in [1.165, 1.54) is 0 Å². The Morgan fingerprint density at radius 2 is 1.67 bits per heavy atom. The van der Waals surface area contributed by atoms with Gasteiger partial charge in [-0.3, -0.25) is 4.79 Å². The molecule has 1 aliphatic carbocycles. The van der Waals surface area contributed by atoms with E-state index in [0.29, 0.717) is 0 Å². The van der Waals surface area contributed by atoms with Crippen molar-refractivity contribution < 1.29 is 13.2 Å². The Balaban J connectivity index is 1.87. The lowest BCUT2D eigenvalue weighted by molar-refractivity contribution is -0.120. The average Bonchev–Trinajstić information content (AvgIpc) is 3.00. The van der Waals surface area contributed by atoms with Crippen molar-refractivity contribution in [2.45, 2.75) is 30.6 Å². The number of benzene rings is 2. The summed E-state index contributed by atoms with van der Waals surface area (Å²) < 4.78 is 24.8. The Bertz CT molecular complexity index is 771. The highest BCUT2D eigenvalue weighted by molar-refractivity contribution is 7.92. The van der Waals surface area contributed by atoms with E-state index in [2.05, 4.69) is 0 Å². The number of Topliss-reactive ketones (excluding diaryl/α,β-unsaturated/α-hetero) is 1. The first-order valence-electron chi connectivity index (χ1n) is 7.30. The van der Waals surface area contributed by atoms with Gasteiger partial charge in [0.1, 0.15) is 5.75 Å². The van der Waals surface area contributed by atoms with Crippen molar-refractivity contribution in [1.82, 2.24) is 0 Å². The van der Waals surface area contributed by atoms with Crippen LogP contribution in [0.5, 0.6) is 0 Å². The Morgan fingerprint density at radius 3 is 2.38 bits per heavy atom. The summed E-state index contributed by atoms with van der Waals surface area (Å²) in [4.78, 5) is 12.4. The minimum Gasteiger partial charge on any atom is -0.298 e. The van der Waals surface area contributed by atoms with E-state index in [0.717, 1.165) is 36.5 Å². The van der Waals surface area contributed by atoms with Crippen LogP contribution in [0.3, 0.4) is 0 Å². The molecule has 0 spiro atoms. The Labute approximate surface area is 124 Å². The topological polar surface area (TPSA) is 51.2 Å². The van der Waals surface area contributed by atoms with Gasteiger partial charge in [0.25, 0.3) is 0 Å². The molecule has 0 aromatic heterocycles. The number of carbonyl (C=O) groups excluding carboxylic acids is 1. The summed E-state index contributed by atoms with van der Waals surface area (Å²) in [5.41, 5.74) is 0. The molecule has 0 heterocycles. The van der Waals surface area contributed by atoms with Gasteiger partial charge in [-0.2, -0.15) is 0 Å². The molecular weight excluding hydrogens is 284 g/mol. The molecule has 0 aliphatic heterocycles. The highest BCUT2D eigenvalue weighted by Gasteiger charge is 2.27. The first kappa shape index (κ1) is 14.3. The SMILES string of the molecule is O=C(CS(=O)(=O)c1ccc2ccccc2c1)C1CCCC1. The fraction of sp³-hybridized carbons (Fsp3) is 0.353. The van der Waals surface area contributed by atoms with Crippen LogP contribution in [0.2, 0.25) is 0 Å². The molecule has 3 nitrogen and oxygen atoms in total. The Morgan fingerprint density at radius 1 is 1.00 bits per heavy atom. The van der Waals surface area contributed by atoms with E-state index in [9.17, 15) is 13.2 Å². The second-order valence-corrected chi connectivity index (χ2v) is 7.71. The maximum Gasteiger partial charge on any atom is 0.185 e. The molecular formula is C17H18O3S. The molecule has 1 saturated carbocycles. The zero-order valence-corrected chi connectivity index (χ0v) is 12.6. The lowest BCUT2D eigenvalue weighted by atomic mass is 10.0. The monoisotopic (exact) mass is 302 g/mol. The van der Waals surface area contributed by atoms with Gasteiger partial charge in [-0.15, -0.1) is 0 Å². The Kier molecular flexibility index (Phi) is 3.81. The van der Waals surface area contributed by atoms with Gasteiger partial charge in [0.2, 0.25) is 0 Å². The zero-order chi connectivity index (χ0) is 14.9. The van der Waals surface area contributed by atoms with Crippen molar-refractivity contribution in [1.29, 1.82) is 0 Å². The fourth-order valence-corrected chi connectivity index (χ4v) is 4.36. The van der Waals surface area contributed by atoms with Crippen molar-refractivity contribution in [3.05, 3.63) is 42.5 Å². The van der Waals surface area contributed by atoms with Crippen molar-refractivity contribution in [3.63, 3.8) is 0 Å². The number of rotatable bonds is 4. The zero-order valence-electron chi connectivity index (χ0n) is 11.8. The molecule has 1 fully saturated rings. The molecule has 0 atom stereocenters. The van der Waals surface area contributed by atoms with Gasteiger partial charge in [0, 0.05) is 5.92 Å². The molecule has 4 heteroatoms. The van der Waals surface area contributed by atoms with Gasteiger partial charge < -0.3 is 0 Å². The number of sulfone groups is 1. The van der Waals surface area contributed by atoms with Crippen LogP contribution in [0.15, 0.2) is 47.4 Å². The van der Waals surface area contributed by atoms with Crippen LogP contribution < -0.4 is 0 Å². The average molecular weight is 302 g/mol. The van der Waals surface area contributed by atoms with E-state index in [1.54, 1.807) is 18.2 Å². The summed E-state index contributed by atoms with van der Waals surface area (Å²) in [6.07, 6.45) is 3.75. The number of carbonyl (C=O) groups is 1. The highest BCUT2D eigenvalue weighted by atomic mass is 32.2. The van der Waals surface area contributed by atoms with Crippen molar-refractivity contribution in [2.75, 3.05) is 5.75 Å². The van der Waals surface area contributed by atoms with Gasteiger partial charge in [-0.05, 0) is 35.7 Å². The first-order valence-corrected chi connectivity index (χ1v) is 8.96. The molecule has 2 aromatic rings. The molecule has 3 rings (SSSR count). The van der Waals surface area contributed by atoms with Gasteiger partial charge in [-0.1, -0.05) is 43.2 Å². The van der Waals surface area contributed by atoms with E-state index < -0.39 is 9.84 Å². The molecule has 1 aliphatic rings. The third-order valence-electron chi connectivity index (χ3n) is 4.22. The first-order chi connectivity index (χ1) is 10.1. The second kappa shape index (κ2) is 5.60. The number of fused-ring (bicyclic) bond motifs is 1. The summed E-state index contributed by atoms with van der Waals surface area (Å²) in [6, 6.07) is 12.7. The summed E-state index contributed by atoms with van der Waals surface area (Å²) in [5, 5.41) is 1.88. The van der Waals surface area contributed by atoms with Crippen LogP contribution >= 0.6 is 0 Å². The van der Waals surface area contributed by atoms with E-state index in [4.69, 9.17) is 0 Å². The largest absolute Gasteiger partial charge is 0.298 e. The number of ketones is 1. The summed E-state index contributed by atoms with van der Waals surface area (Å²) >= 11 is 0. The third kappa shape index (κ3) is 3.00. The van der Waals surface area contributed by atoms with Gasteiger partial charge >= 0.3 is 0 Å². The Hall–Kier alpha value is -1.68. The van der Waals surface area contributed by atoms with Crippen LogP contribution in [0, 0.1) is 5.92 Å². The predicted octanol–water partition coefficient (Wildman–Crippen LogP) is 3.37. The molecule has 2 aromatic carbocycles. The molecule has 110 valence electrons. The van der Waals surface area contributed by atoms with E-state index >= 15 is 0 Å². The maximum absolute atomic E-state index is 12.4. The van der Waals surface area contributed by atoms with E-state index in [1.807, 2.05) is 24.3 Å². The van der Waals surface area contributed by atoms with Gasteiger partial charge in [-0.25, -0.2) is 8.42 Å². The number of hydrogen-bond acceptors (Lipinski definition) is 3. The number of hydrogen-bond donors (Lipinski definition) is 0. The maximum atomic E-state index is 12.4. The molecule has 0 radical (unpaired) electrons. The molecule has 0 unspecified atom stereocenters. The normalized spacial score (nSPS) is 16.4. The fourth-order valence-electron chi connectivity index (χ4n) is 3.00. The highest BCUT2D eigenvalue weighted by Crippen LogP contribution is 2.27. The van der Waals surface area contributed by atoms with Crippen molar-refractivity contribution in [2.24, 2.45) is 5.92 Å². The van der Waals surface area contributed by atoms with Gasteiger partial charge in [0.15, 0.2) is 15.6 Å². The van der Waals surface area contributed by atoms with Crippen LogP contribution in [-0.2, 0) is 14.6 Å². The van der Waals surface area contributed by atoms with E-state index in [-0.39, 0.29) is 22.3 Å². The molecule has 0 N–H and O–H groups in total. The molecule has 0 amide bonds. The smallest absolute Gasteiger partial charge is 0.185 e. The molecule has 21 heavy (non-hydrogen) atoms. The lowest BCUT2D eigenvalue weighted by Gasteiger charge is -2.09. The summed E-state index contributed by atoms with van der Waals surface area (Å²) in [6.45, 7) is 0. The predicted molar refractivity (Wildman–Crippen MR) is 83.0 cm³/mol. The van der Waals surface area contributed by atoms with Crippen LogP contribution in [0.25, 0.3) is 10.8 Å². The van der Waals surface area contributed by atoms with Gasteiger partial charge in [0.05, 0.1) is 4.90 Å².